The monoisotopic (exact) mass is 171 g/mol. The van der Waals surface area contributed by atoms with Crippen LogP contribution in [0.1, 0.15) is 33.6 Å². The maximum absolute atomic E-state index is 10.7. The molecule has 0 radical (unpaired) electrons. The van der Waals surface area contributed by atoms with Crippen molar-refractivity contribution in [3.63, 3.8) is 0 Å². The zero-order chi connectivity index (χ0) is 9.72. The van der Waals surface area contributed by atoms with Crippen LogP contribution in [0.2, 0.25) is 0 Å². The second kappa shape index (κ2) is 4.91. The molecule has 70 valence electrons. The fourth-order valence-corrected chi connectivity index (χ4v) is 1.26. The van der Waals surface area contributed by atoms with Gasteiger partial charge in [-0.1, -0.05) is 27.2 Å². The zero-order valence-electron chi connectivity index (χ0n) is 7.92. The van der Waals surface area contributed by atoms with Crippen LogP contribution in [0.3, 0.4) is 0 Å². The SMILES string of the molecule is CCCC(=N)C(C(=O)O)C(C)C. The molecule has 1 unspecified atom stereocenters. The van der Waals surface area contributed by atoms with E-state index in [-0.39, 0.29) is 5.92 Å². The van der Waals surface area contributed by atoms with E-state index in [2.05, 4.69) is 0 Å². The lowest BCUT2D eigenvalue weighted by atomic mass is 9.89. The second-order valence-corrected chi connectivity index (χ2v) is 3.34. The average molecular weight is 171 g/mol. The predicted octanol–water partition coefficient (Wildman–Crippen LogP) is 2.16. The number of aliphatic carboxylic acids is 1. The third-order valence-corrected chi connectivity index (χ3v) is 1.83. The summed E-state index contributed by atoms with van der Waals surface area (Å²) in [5.41, 5.74) is 0.347. The molecule has 0 aromatic heterocycles. The van der Waals surface area contributed by atoms with Gasteiger partial charge in [-0.15, -0.1) is 0 Å². The van der Waals surface area contributed by atoms with Crippen LogP contribution in [0.4, 0.5) is 0 Å². The van der Waals surface area contributed by atoms with E-state index in [9.17, 15) is 4.79 Å². The van der Waals surface area contributed by atoms with Gasteiger partial charge in [-0.2, -0.15) is 0 Å². The molecular formula is C9H17NO2. The van der Waals surface area contributed by atoms with Crippen LogP contribution in [0, 0.1) is 17.2 Å². The molecule has 0 fully saturated rings. The van der Waals surface area contributed by atoms with Gasteiger partial charge >= 0.3 is 5.97 Å². The minimum absolute atomic E-state index is 0.0153. The van der Waals surface area contributed by atoms with Crippen molar-refractivity contribution in [2.24, 2.45) is 11.8 Å². The summed E-state index contributed by atoms with van der Waals surface area (Å²) >= 11 is 0. The lowest BCUT2D eigenvalue weighted by molar-refractivity contribution is -0.140. The molecule has 0 heterocycles. The van der Waals surface area contributed by atoms with Gasteiger partial charge in [0.15, 0.2) is 0 Å². The van der Waals surface area contributed by atoms with Gasteiger partial charge in [0.25, 0.3) is 0 Å². The predicted molar refractivity (Wildman–Crippen MR) is 48.6 cm³/mol. The van der Waals surface area contributed by atoms with E-state index in [1.54, 1.807) is 0 Å². The van der Waals surface area contributed by atoms with Crippen molar-refractivity contribution in [2.75, 3.05) is 0 Å². The average Bonchev–Trinajstić information content (AvgIpc) is 1.85. The molecule has 0 bridgehead atoms. The first-order valence-corrected chi connectivity index (χ1v) is 4.30. The van der Waals surface area contributed by atoms with Gasteiger partial charge in [0.1, 0.15) is 0 Å². The second-order valence-electron chi connectivity index (χ2n) is 3.34. The van der Waals surface area contributed by atoms with Crippen molar-refractivity contribution < 1.29 is 9.90 Å². The Hall–Kier alpha value is -0.860. The molecule has 12 heavy (non-hydrogen) atoms. The van der Waals surface area contributed by atoms with Crippen LogP contribution in [0.5, 0.6) is 0 Å². The minimum Gasteiger partial charge on any atom is -0.481 e. The number of nitrogens with one attached hydrogen (secondary N) is 1. The Morgan fingerprint density at radius 2 is 2.00 bits per heavy atom. The zero-order valence-corrected chi connectivity index (χ0v) is 7.92. The number of hydrogen-bond acceptors (Lipinski definition) is 2. The molecule has 2 N–H and O–H groups in total. The lowest BCUT2D eigenvalue weighted by Gasteiger charge is -2.16. The van der Waals surface area contributed by atoms with Crippen molar-refractivity contribution in [3.05, 3.63) is 0 Å². The van der Waals surface area contributed by atoms with E-state index in [4.69, 9.17) is 10.5 Å². The van der Waals surface area contributed by atoms with E-state index < -0.39 is 11.9 Å². The maximum Gasteiger partial charge on any atom is 0.312 e. The van der Waals surface area contributed by atoms with Crippen LogP contribution in [0.15, 0.2) is 0 Å². The number of carboxylic acid groups (broad SMARTS) is 1. The lowest BCUT2D eigenvalue weighted by Crippen LogP contribution is -2.27. The molecule has 0 amide bonds. The molecule has 0 aromatic rings. The van der Waals surface area contributed by atoms with Gasteiger partial charge in [0.2, 0.25) is 0 Å². The quantitative estimate of drug-likeness (QED) is 0.623. The van der Waals surface area contributed by atoms with Gasteiger partial charge < -0.3 is 10.5 Å². The van der Waals surface area contributed by atoms with E-state index in [0.717, 1.165) is 6.42 Å². The highest BCUT2D eigenvalue weighted by Gasteiger charge is 2.25. The topological polar surface area (TPSA) is 61.2 Å². The number of rotatable bonds is 5. The third kappa shape index (κ3) is 3.03. The van der Waals surface area contributed by atoms with Crippen LogP contribution in [-0.2, 0) is 4.79 Å². The molecule has 0 saturated heterocycles. The number of carboxylic acids is 1. The third-order valence-electron chi connectivity index (χ3n) is 1.83. The number of hydrogen-bond donors (Lipinski definition) is 2. The van der Waals surface area contributed by atoms with E-state index in [1.165, 1.54) is 0 Å². The summed E-state index contributed by atoms with van der Waals surface area (Å²) in [6, 6.07) is 0. The van der Waals surface area contributed by atoms with Crippen molar-refractivity contribution >= 4 is 11.7 Å². The molecular weight excluding hydrogens is 154 g/mol. The molecule has 0 aliphatic rings. The Balaban J connectivity index is 4.30. The molecule has 0 aliphatic heterocycles. The van der Waals surface area contributed by atoms with Crippen molar-refractivity contribution in [3.8, 4) is 0 Å². The standard InChI is InChI=1S/C9H17NO2/c1-4-5-7(10)8(6(2)3)9(11)12/h6,8,10H,4-5H2,1-3H3,(H,11,12). The Morgan fingerprint density at radius 3 is 2.25 bits per heavy atom. The fraction of sp³-hybridized carbons (Fsp3) is 0.778. The Labute approximate surface area is 73.3 Å². The largest absolute Gasteiger partial charge is 0.481 e. The normalized spacial score (nSPS) is 13.0. The first-order chi connectivity index (χ1) is 5.50. The minimum atomic E-state index is -0.872. The van der Waals surface area contributed by atoms with Crippen LogP contribution in [0.25, 0.3) is 0 Å². The summed E-state index contributed by atoms with van der Waals surface area (Å²) in [5, 5.41) is 16.3. The van der Waals surface area contributed by atoms with Crippen LogP contribution >= 0.6 is 0 Å². The van der Waals surface area contributed by atoms with E-state index in [1.807, 2.05) is 20.8 Å². The molecule has 0 saturated carbocycles. The van der Waals surface area contributed by atoms with E-state index >= 15 is 0 Å². The van der Waals surface area contributed by atoms with E-state index in [0.29, 0.717) is 12.1 Å². The Kier molecular flexibility index (Phi) is 4.55. The summed E-state index contributed by atoms with van der Waals surface area (Å²) in [7, 11) is 0. The fourth-order valence-electron chi connectivity index (χ4n) is 1.26. The Bertz CT molecular complexity index is 175. The maximum atomic E-state index is 10.7. The molecule has 0 spiro atoms. The van der Waals surface area contributed by atoms with Crippen LogP contribution in [-0.4, -0.2) is 16.8 Å². The highest BCUT2D eigenvalue weighted by atomic mass is 16.4. The molecule has 0 aliphatic carbocycles. The summed E-state index contributed by atoms with van der Waals surface area (Å²) in [5.74, 6) is -1.45. The highest BCUT2D eigenvalue weighted by molar-refractivity contribution is 5.99. The highest BCUT2D eigenvalue weighted by Crippen LogP contribution is 2.15. The van der Waals surface area contributed by atoms with Gasteiger partial charge in [-0.05, 0) is 12.3 Å². The summed E-state index contributed by atoms with van der Waals surface area (Å²) < 4.78 is 0. The molecule has 0 aromatic carbocycles. The summed E-state index contributed by atoms with van der Waals surface area (Å²) in [4.78, 5) is 10.7. The molecule has 1 atom stereocenters. The van der Waals surface area contributed by atoms with Crippen molar-refractivity contribution in [1.29, 1.82) is 5.41 Å². The summed E-state index contributed by atoms with van der Waals surface area (Å²) in [6.07, 6.45) is 1.44. The van der Waals surface area contributed by atoms with Gasteiger partial charge in [0, 0.05) is 5.71 Å². The molecule has 0 rings (SSSR count). The van der Waals surface area contributed by atoms with Crippen molar-refractivity contribution in [1.82, 2.24) is 0 Å². The Morgan fingerprint density at radius 1 is 1.50 bits per heavy atom. The van der Waals surface area contributed by atoms with Gasteiger partial charge in [0.05, 0.1) is 5.92 Å². The van der Waals surface area contributed by atoms with Gasteiger partial charge in [-0.25, -0.2) is 0 Å². The first kappa shape index (κ1) is 11.1. The van der Waals surface area contributed by atoms with Crippen molar-refractivity contribution in [2.45, 2.75) is 33.6 Å². The molecule has 3 heteroatoms. The molecule has 3 nitrogen and oxygen atoms in total. The summed E-state index contributed by atoms with van der Waals surface area (Å²) in [6.45, 7) is 5.62. The van der Waals surface area contributed by atoms with Gasteiger partial charge in [-0.3, -0.25) is 4.79 Å². The first-order valence-electron chi connectivity index (χ1n) is 4.30. The van der Waals surface area contributed by atoms with Crippen LogP contribution < -0.4 is 0 Å². The smallest absolute Gasteiger partial charge is 0.312 e. The number of carbonyl (C=O) groups is 1.